The van der Waals surface area contributed by atoms with E-state index in [0.29, 0.717) is 0 Å². The van der Waals surface area contributed by atoms with Crippen LogP contribution in [0.15, 0.2) is 52.5 Å². The van der Waals surface area contributed by atoms with Gasteiger partial charge in [0, 0.05) is 19.3 Å². The molecule has 0 saturated heterocycles. The van der Waals surface area contributed by atoms with Crippen molar-refractivity contribution in [2.45, 2.75) is 16.5 Å². The van der Waals surface area contributed by atoms with Gasteiger partial charge in [0.15, 0.2) is 10.8 Å². The Bertz CT molecular complexity index is 1180. The van der Waals surface area contributed by atoms with Gasteiger partial charge < -0.3 is 10.0 Å². The fourth-order valence-corrected chi connectivity index (χ4v) is 4.08. The van der Waals surface area contributed by atoms with E-state index in [2.05, 4.69) is 10.1 Å². The molecule has 0 aliphatic carbocycles. The van der Waals surface area contributed by atoms with Gasteiger partial charge in [0.1, 0.15) is 10.8 Å². The molecule has 3 aromatic rings. The Kier molecular flexibility index (Phi) is 5.78. The second-order valence-corrected chi connectivity index (χ2v) is 8.61. The molecule has 12 heteroatoms. The van der Waals surface area contributed by atoms with E-state index in [1.807, 2.05) is 0 Å². The second-order valence-electron chi connectivity index (χ2n) is 5.92. The predicted molar refractivity (Wildman–Crippen MR) is 103 cm³/mol. The highest BCUT2D eigenvalue weighted by molar-refractivity contribution is 7.91. The first-order valence-corrected chi connectivity index (χ1v) is 10.2. The maximum Gasteiger partial charge on any atom is 0.407 e. The Hall–Kier alpha value is -2.69. The van der Waals surface area contributed by atoms with Crippen LogP contribution in [-0.4, -0.2) is 46.3 Å². The minimum absolute atomic E-state index is 0.0924. The molecule has 0 unspecified atom stereocenters. The van der Waals surface area contributed by atoms with Gasteiger partial charge in [-0.3, -0.25) is 0 Å². The number of carboxylic acid groups (broad SMARTS) is 1. The van der Waals surface area contributed by atoms with Crippen LogP contribution in [-0.2, 0) is 16.4 Å². The van der Waals surface area contributed by atoms with E-state index in [1.165, 1.54) is 43.4 Å². The molecule has 29 heavy (non-hydrogen) atoms. The predicted octanol–water partition coefficient (Wildman–Crippen LogP) is 3.66. The lowest BCUT2D eigenvalue weighted by Crippen LogP contribution is -2.24. The standard InChI is InChI=1S/C17H13Cl2FN4O4S/c1-23(17(25)26)9-10-7-15(29(27,28)11-5-6-14(19)21-8-11)24(22-10)13-4-2-3-12(18)16(13)20/h2-8H,9H2,1H3,(H,25,26). The van der Waals surface area contributed by atoms with Crippen molar-refractivity contribution in [2.24, 2.45) is 0 Å². The lowest BCUT2D eigenvalue weighted by molar-refractivity contribution is 0.153. The molecule has 0 spiro atoms. The minimum atomic E-state index is -4.20. The Balaban J connectivity index is 2.21. The average Bonchev–Trinajstić information content (AvgIpc) is 3.08. The van der Waals surface area contributed by atoms with Crippen LogP contribution in [0.25, 0.3) is 5.69 Å². The quantitative estimate of drug-likeness (QED) is 0.584. The number of hydrogen-bond acceptors (Lipinski definition) is 5. The van der Waals surface area contributed by atoms with E-state index in [4.69, 9.17) is 28.3 Å². The molecule has 2 aromatic heterocycles. The van der Waals surface area contributed by atoms with Crippen molar-refractivity contribution in [2.75, 3.05) is 7.05 Å². The summed E-state index contributed by atoms with van der Waals surface area (Å²) in [4.78, 5) is 15.6. The molecule has 0 radical (unpaired) electrons. The van der Waals surface area contributed by atoms with Gasteiger partial charge in [-0.1, -0.05) is 29.3 Å². The van der Waals surface area contributed by atoms with Gasteiger partial charge in [-0.2, -0.15) is 5.10 Å². The molecule has 1 aromatic carbocycles. The average molecular weight is 459 g/mol. The van der Waals surface area contributed by atoms with Crippen LogP contribution in [0.4, 0.5) is 9.18 Å². The van der Waals surface area contributed by atoms with Gasteiger partial charge >= 0.3 is 6.09 Å². The number of rotatable bonds is 5. The number of hydrogen-bond donors (Lipinski definition) is 1. The molecule has 1 N–H and O–H groups in total. The monoisotopic (exact) mass is 458 g/mol. The molecule has 3 rings (SSSR count). The topological polar surface area (TPSA) is 105 Å². The minimum Gasteiger partial charge on any atom is -0.465 e. The van der Waals surface area contributed by atoms with Crippen LogP contribution in [0.2, 0.25) is 10.2 Å². The lowest BCUT2D eigenvalue weighted by Gasteiger charge is -2.10. The zero-order valence-corrected chi connectivity index (χ0v) is 17.1. The first-order chi connectivity index (χ1) is 13.6. The third-order valence-corrected chi connectivity index (χ3v) is 6.12. The summed E-state index contributed by atoms with van der Waals surface area (Å²) in [5, 5.41) is 12.7. The van der Waals surface area contributed by atoms with Crippen LogP contribution < -0.4 is 0 Å². The molecule has 0 saturated carbocycles. The summed E-state index contributed by atoms with van der Waals surface area (Å²) in [5.74, 6) is -0.874. The van der Waals surface area contributed by atoms with E-state index >= 15 is 0 Å². The van der Waals surface area contributed by atoms with Crippen molar-refractivity contribution in [1.29, 1.82) is 0 Å². The van der Waals surface area contributed by atoms with Crippen molar-refractivity contribution in [3.8, 4) is 5.69 Å². The van der Waals surface area contributed by atoms with Crippen LogP contribution >= 0.6 is 23.2 Å². The smallest absolute Gasteiger partial charge is 0.407 e. The van der Waals surface area contributed by atoms with Gasteiger partial charge in [-0.25, -0.2) is 27.3 Å². The van der Waals surface area contributed by atoms with Crippen LogP contribution in [0.1, 0.15) is 5.69 Å². The summed E-state index contributed by atoms with van der Waals surface area (Å²) < 4.78 is 41.7. The molecular weight excluding hydrogens is 446 g/mol. The van der Waals surface area contributed by atoms with Crippen LogP contribution in [0, 0.1) is 5.82 Å². The third-order valence-electron chi connectivity index (χ3n) is 3.90. The summed E-state index contributed by atoms with van der Waals surface area (Å²) in [7, 11) is -2.91. The zero-order valence-electron chi connectivity index (χ0n) is 14.8. The lowest BCUT2D eigenvalue weighted by atomic mass is 10.3. The first kappa shape index (κ1) is 21.0. The fraction of sp³-hybridized carbons (Fsp3) is 0.118. The SMILES string of the molecule is CN(Cc1cc(S(=O)(=O)c2ccc(Cl)nc2)n(-c2cccc(Cl)c2F)n1)C(=O)O. The van der Waals surface area contributed by atoms with Crippen molar-refractivity contribution < 1.29 is 22.7 Å². The van der Waals surface area contributed by atoms with E-state index < -0.39 is 21.7 Å². The number of carbonyl (C=O) groups is 1. The molecule has 0 aliphatic rings. The van der Waals surface area contributed by atoms with E-state index in [1.54, 1.807) is 0 Å². The number of amides is 1. The third kappa shape index (κ3) is 4.19. The maximum atomic E-state index is 14.6. The summed E-state index contributed by atoms with van der Waals surface area (Å²) in [6.45, 7) is -0.216. The molecule has 0 atom stereocenters. The second kappa shape index (κ2) is 7.97. The van der Waals surface area contributed by atoms with Gasteiger partial charge in [0.25, 0.3) is 0 Å². The number of nitrogens with zero attached hydrogens (tertiary/aromatic N) is 4. The number of pyridine rings is 1. The number of benzene rings is 1. The Morgan fingerprint density at radius 3 is 2.62 bits per heavy atom. The highest BCUT2D eigenvalue weighted by Gasteiger charge is 2.27. The van der Waals surface area contributed by atoms with E-state index in [0.717, 1.165) is 15.8 Å². The normalized spacial score (nSPS) is 11.4. The zero-order chi connectivity index (χ0) is 21.3. The molecule has 2 heterocycles. The van der Waals surface area contributed by atoms with Crippen LogP contribution in [0.5, 0.6) is 0 Å². The van der Waals surface area contributed by atoms with Gasteiger partial charge in [-0.15, -0.1) is 0 Å². The number of aromatic nitrogens is 3. The highest BCUT2D eigenvalue weighted by Crippen LogP contribution is 2.28. The summed E-state index contributed by atoms with van der Waals surface area (Å²) >= 11 is 11.5. The number of sulfone groups is 1. The van der Waals surface area contributed by atoms with Crippen LogP contribution in [0.3, 0.4) is 0 Å². The maximum absolute atomic E-state index is 14.6. The molecule has 1 amide bonds. The molecular formula is C17H13Cl2FN4O4S. The summed E-state index contributed by atoms with van der Waals surface area (Å²) in [6.07, 6.45) is -0.174. The summed E-state index contributed by atoms with van der Waals surface area (Å²) in [6, 6.07) is 7.77. The van der Waals surface area contributed by atoms with Crippen molar-refractivity contribution in [3.63, 3.8) is 0 Å². The van der Waals surface area contributed by atoms with Gasteiger partial charge in [0.05, 0.1) is 22.2 Å². The highest BCUT2D eigenvalue weighted by atomic mass is 35.5. The van der Waals surface area contributed by atoms with Gasteiger partial charge in [-0.05, 0) is 24.3 Å². The molecule has 0 fully saturated rings. The van der Waals surface area contributed by atoms with Crippen molar-refractivity contribution in [3.05, 3.63) is 64.3 Å². The molecule has 0 aliphatic heterocycles. The number of halogens is 3. The largest absolute Gasteiger partial charge is 0.465 e. The van der Waals surface area contributed by atoms with Gasteiger partial charge in [0.2, 0.25) is 9.84 Å². The fourth-order valence-electron chi connectivity index (χ4n) is 2.46. The molecule has 8 nitrogen and oxygen atoms in total. The summed E-state index contributed by atoms with van der Waals surface area (Å²) in [5.41, 5.74) is -0.114. The van der Waals surface area contributed by atoms with E-state index in [-0.39, 0.29) is 38.0 Å². The van der Waals surface area contributed by atoms with Crippen molar-refractivity contribution >= 4 is 39.1 Å². The molecule has 0 bridgehead atoms. The van der Waals surface area contributed by atoms with Crippen molar-refractivity contribution in [1.82, 2.24) is 19.7 Å². The van der Waals surface area contributed by atoms with E-state index in [9.17, 15) is 17.6 Å². The first-order valence-electron chi connectivity index (χ1n) is 7.95. The Morgan fingerprint density at radius 2 is 2.00 bits per heavy atom. The Labute approximate surface area is 175 Å². The Morgan fingerprint density at radius 1 is 1.28 bits per heavy atom. The molecule has 152 valence electrons.